The van der Waals surface area contributed by atoms with Gasteiger partial charge in [0.1, 0.15) is 0 Å². The van der Waals surface area contributed by atoms with Gasteiger partial charge < -0.3 is 9.80 Å². The number of carbonyl (C=O) groups is 2. The van der Waals surface area contributed by atoms with Gasteiger partial charge in [-0.3, -0.25) is 14.5 Å². The maximum absolute atomic E-state index is 11.6. The molecular weight excluding hydrogens is 218 g/mol. The van der Waals surface area contributed by atoms with Gasteiger partial charge >= 0.3 is 0 Å². The molecule has 0 aromatic heterocycles. The summed E-state index contributed by atoms with van der Waals surface area (Å²) in [5.74, 6) is 0.0827. The topological polar surface area (TPSA) is 43.9 Å². The average molecular weight is 239 g/mol. The zero-order valence-corrected chi connectivity index (χ0v) is 10.7. The summed E-state index contributed by atoms with van der Waals surface area (Å²) in [6, 6.07) is 0. The van der Waals surface area contributed by atoms with E-state index in [-0.39, 0.29) is 11.8 Å². The molecule has 0 spiro atoms. The lowest BCUT2D eigenvalue weighted by Crippen LogP contribution is -2.39. The smallest absolute Gasteiger partial charge is 0.245 e. The second kappa shape index (κ2) is 6.39. The van der Waals surface area contributed by atoms with E-state index in [2.05, 4.69) is 11.5 Å². The van der Waals surface area contributed by atoms with Crippen LogP contribution in [0.5, 0.6) is 0 Å². The van der Waals surface area contributed by atoms with Crippen molar-refractivity contribution in [3.05, 3.63) is 12.7 Å². The summed E-state index contributed by atoms with van der Waals surface area (Å²) in [5, 5.41) is 0. The van der Waals surface area contributed by atoms with E-state index in [1.165, 1.54) is 6.08 Å². The lowest BCUT2D eigenvalue weighted by Gasteiger charge is -2.22. The third-order valence-electron chi connectivity index (χ3n) is 2.93. The average Bonchev–Trinajstić information content (AvgIpc) is 2.53. The zero-order valence-electron chi connectivity index (χ0n) is 10.7. The molecule has 0 atom stereocenters. The number of rotatable bonds is 3. The van der Waals surface area contributed by atoms with Gasteiger partial charge in [-0.15, -0.1) is 0 Å². The number of hydrogen-bond donors (Lipinski definition) is 0. The summed E-state index contributed by atoms with van der Waals surface area (Å²) in [4.78, 5) is 28.5. The molecule has 0 bridgehead atoms. The summed E-state index contributed by atoms with van der Waals surface area (Å²) < 4.78 is 0. The Morgan fingerprint density at radius 1 is 1.24 bits per heavy atom. The van der Waals surface area contributed by atoms with Gasteiger partial charge in [-0.1, -0.05) is 6.58 Å². The third-order valence-corrected chi connectivity index (χ3v) is 2.93. The molecular formula is C12H21N3O2. The van der Waals surface area contributed by atoms with Crippen molar-refractivity contribution in [2.24, 2.45) is 0 Å². The summed E-state index contributed by atoms with van der Waals surface area (Å²) in [6.07, 6.45) is 2.25. The van der Waals surface area contributed by atoms with Gasteiger partial charge in [0.2, 0.25) is 11.8 Å². The standard InChI is InChI=1S/C12H21N3O2/c1-4-11(16)15-7-5-6-14(8-9-15)10-12(17)13(2)3/h4H,1,5-10H2,2-3H3. The molecule has 5 nitrogen and oxygen atoms in total. The van der Waals surface area contributed by atoms with E-state index in [4.69, 9.17) is 0 Å². The highest BCUT2D eigenvalue weighted by Crippen LogP contribution is 2.04. The van der Waals surface area contributed by atoms with Crippen molar-refractivity contribution in [3.8, 4) is 0 Å². The summed E-state index contributed by atoms with van der Waals surface area (Å²) >= 11 is 0. The molecule has 0 saturated carbocycles. The second-order valence-corrected chi connectivity index (χ2v) is 4.45. The Morgan fingerprint density at radius 3 is 2.53 bits per heavy atom. The Morgan fingerprint density at radius 2 is 1.94 bits per heavy atom. The number of hydrogen-bond acceptors (Lipinski definition) is 3. The number of carbonyl (C=O) groups excluding carboxylic acids is 2. The maximum atomic E-state index is 11.6. The fraction of sp³-hybridized carbons (Fsp3) is 0.667. The van der Waals surface area contributed by atoms with Crippen molar-refractivity contribution in [1.29, 1.82) is 0 Å². The Bertz CT molecular complexity index is 302. The molecule has 0 aromatic rings. The molecule has 96 valence electrons. The fourth-order valence-electron chi connectivity index (χ4n) is 1.81. The highest BCUT2D eigenvalue weighted by Gasteiger charge is 2.19. The lowest BCUT2D eigenvalue weighted by atomic mass is 10.3. The summed E-state index contributed by atoms with van der Waals surface area (Å²) in [5.41, 5.74) is 0. The highest BCUT2D eigenvalue weighted by molar-refractivity contribution is 5.87. The van der Waals surface area contributed by atoms with E-state index in [0.29, 0.717) is 13.1 Å². The minimum absolute atomic E-state index is 0.0224. The molecule has 0 aromatic carbocycles. The van der Waals surface area contributed by atoms with Crippen LogP contribution in [0.3, 0.4) is 0 Å². The quantitative estimate of drug-likeness (QED) is 0.640. The first kappa shape index (κ1) is 13.7. The predicted molar refractivity (Wildman–Crippen MR) is 66.5 cm³/mol. The summed E-state index contributed by atoms with van der Waals surface area (Å²) in [6.45, 7) is 6.96. The second-order valence-electron chi connectivity index (χ2n) is 4.45. The highest BCUT2D eigenvalue weighted by atomic mass is 16.2. The van der Waals surface area contributed by atoms with Gasteiger partial charge in [0.05, 0.1) is 6.54 Å². The largest absolute Gasteiger partial charge is 0.348 e. The van der Waals surface area contributed by atoms with Crippen LogP contribution in [0, 0.1) is 0 Å². The molecule has 0 radical (unpaired) electrons. The molecule has 17 heavy (non-hydrogen) atoms. The molecule has 2 amide bonds. The van der Waals surface area contributed by atoms with Gasteiger partial charge in [0, 0.05) is 40.3 Å². The zero-order chi connectivity index (χ0) is 12.8. The van der Waals surface area contributed by atoms with Crippen LogP contribution in [0.25, 0.3) is 0 Å². The Labute approximate surface area is 103 Å². The van der Waals surface area contributed by atoms with Crippen molar-refractivity contribution >= 4 is 11.8 Å². The Kier molecular flexibility index (Phi) is 5.15. The van der Waals surface area contributed by atoms with Gasteiger partial charge in [-0.05, 0) is 12.5 Å². The minimum atomic E-state index is -0.0224. The minimum Gasteiger partial charge on any atom is -0.348 e. The molecule has 0 aliphatic carbocycles. The SMILES string of the molecule is C=CC(=O)N1CCCN(CC(=O)N(C)C)CC1. The Balaban J connectivity index is 2.45. The molecule has 1 saturated heterocycles. The van der Waals surface area contributed by atoms with Crippen molar-refractivity contribution in [2.45, 2.75) is 6.42 Å². The lowest BCUT2D eigenvalue weighted by molar-refractivity contribution is -0.129. The molecule has 1 aliphatic rings. The van der Waals surface area contributed by atoms with Crippen molar-refractivity contribution in [3.63, 3.8) is 0 Å². The van der Waals surface area contributed by atoms with Gasteiger partial charge in [-0.2, -0.15) is 0 Å². The number of nitrogens with zero attached hydrogens (tertiary/aromatic N) is 3. The third kappa shape index (κ3) is 4.19. The van der Waals surface area contributed by atoms with Crippen LogP contribution in [-0.2, 0) is 9.59 Å². The molecule has 0 unspecified atom stereocenters. The monoisotopic (exact) mass is 239 g/mol. The van der Waals surface area contributed by atoms with Crippen LogP contribution < -0.4 is 0 Å². The van der Waals surface area contributed by atoms with Crippen LogP contribution in [0.15, 0.2) is 12.7 Å². The first-order valence-corrected chi connectivity index (χ1v) is 5.88. The normalized spacial score (nSPS) is 17.4. The van der Waals surface area contributed by atoms with Gasteiger partial charge in [0.15, 0.2) is 0 Å². The number of amides is 2. The van der Waals surface area contributed by atoms with Crippen LogP contribution in [0.2, 0.25) is 0 Å². The maximum Gasteiger partial charge on any atom is 0.245 e. The van der Waals surface area contributed by atoms with Crippen LogP contribution in [-0.4, -0.2) is 73.3 Å². The summed E-state index contributed by atoms with van der Waals surface area (Å²) in [7, 11) is 3.52. The molecule has 0 N–H and O–H groups in total. The van der Waals surface area contributed by atoms with Crippen molar-refractivity contribution in [2.75, 3.05) is 46.8 Å². The van der Waals surface area contributed by atoms with Gasteiger partial charge in [0.25, 0.3) is 0 Å². The van der Waals surface area contributed by atoms with E-state index >= 15 is 0 Å². The molecule has 5 heteroatoms. The number of likely N-dealkylation sites (N-methyl/N-ethyl adjacent to an activating group) is 1. The Hall–Kier alpha value is -1.36. The van der Waals surface area contributed by atoms with Crippen molar-refractivity contribution in [1.82, 2.24) is 14.7 Å². The molecule has 1 heterocycles. The molecule has 1 rings (SSSR count). The van der Waals surface area contributed by atoms with E-state index in [1.54, 1.807) is 23.9 Å². The molecule has 1 fully saturated rings. The van der Waals surface area contributed by atoms with Gasteiger partial charge in [-0.25, -0.2) is 0 Å². The van der Waals surface area contributed by atoms with E-state index < -0.39 is 0 Å². The van der Waals surface area contributed by atoms with Crippen LogP contribution >= 0.6 is 0 Å². The van der Waals surface area contributed by atoms with Crippen LogP contribution in [0.1, 0.15) is 6.42 Å². The van der Waals surface area contributed by atoms with E-state index in [1.807, 2.05) is 0 Å². The molecule has 1 aliphatic heterocycles. The first-order valence-electron chi connectivity index (χ1n) is 5.88. The first-order chi connectivity index (χ1) is 8.04. The van der Waals surface area contributed by atoms with Crippen LogP contribution in [0.4, 0.5) is 0 Å². The fourth-order valence-corrected chi connectivity index (χ4v) is 1.81. The van der Waals surface area contributed by atoms with E-state index in [0.717, 1.165) is 26.1 Å². The predicted octanol–water partition coefficient (Wildman–Crippen LogP) is -0.205. The van der Waals surface area contributed by atoms with Crippen molar-refractivity contribution < 1.29 is 9.59 Å². The van der Waals surface area contributed by atoms with E-state index in [9.17, 15) is 9.59 Å².